The summed E-state index contributed by atoms with van der Waals surface area (Å²) in [6, 6.07) is 0.289. The van der Waals surface area contributed by atoms with Crippen molar-refractivity contribution in [2.75, 3.05) is 0 Å². The maximum absolute atomic E-state index is 6.10. The lowest BCUT2D eigenvalue weighted by atomic mass is 9.94. The van der Waals surface area contributed by atoms with Gasteiger partial charge >= 0.3 is 0 Å². The molecule has 0 saturated heterocycles. The van der Waals surface area contributed by atoms with Crippen molar-refractivity contribution in [2.24, 2.45) is 5.73 Å². The lowest BCUT2D eigenvalue weighted by molar-refractivity contribution is 0.586. The Morgan fingerprint density at radius 2 is 2.33 bits per heavy atom. The smallest absolute Gasteiger partial charge is 0.141 e. The largest absolute Gasteiger partial charge is 0.327 e. The standard InChI is InChI=1S/C10H10ClN3S/c11-9-8-6-2-1-5(12)3-7(6)15-10(8)14-4-13-9/h4-5H,1-3,12H2. The van der Waals surface area contributed by atoms with Crippen molar-refractivity contribution in [2.45, 2.75) is 25.3 Å². The predicted octanol–water partition coefficient (Wildman–Crippen LogP) is 2.16. The summed E-state index contributed by atoms with van der Waals surface area (Å²) in [6.45, 7) is 0. The Labute approximate surface area is 96.3 Å². The highest BCUT2D eigenvalue weighted by molar-refractivity contribution is 7.19. The van der Waals surface area contributed by atoms with Crippen molar-refractivity contribution < 1.29 is 0 Å². The maximum Gasteiger partial charge on any atom is 0.141 e. The highest BCUT2D eigenvalue weighted by atomic mass is 35.5. The van der Waals surface area contributed by atoms with E-state index in [1.54, 1.807) is 11.3 Å². The molecule has 0 spiro atoms. The molecule has 1 atom stereocenters. The van der Waals surface area contributed by atoms with Crippen LogP contribution in [0.1, 0.15) is 16.9 Å². The molecule has 0 saturated carbocycles. The maximum atomic E-state index is 6.10. The third-order valence-electron chi connectivity index (χ3n) is 2.84. The molecule has 0 amide bonds. The molecule has 15 heavy (non-hydrogen) atoms. The summed E-state index contributed by atoms with van der Waals surface area (Å²) in [5, 5.41) is 1.62. The first kappa shape index (κ1) is 9.51. The fourth-order valence-electron chi connectivity index (χ4n) is 2.10. The molecule has 2 heterocycles. The number of hydrogen-bond donors (Lipinski definition) is 1. The monoisotopic (exact) mass is 239 g/mol. The van der Waals surface area contributed by atoms with Gasteiger partial charge in [0.05, 0.1) is 5.39 Å². The zero-order valence-corrected chi connectivity index (χ0v) is 9.61. The third kappa shape index (κ3) is 1.44. The van der Waals surface area contributed by atoms with Crippen LogP contribution < -0.4 is 5.73 Å². The zero-order chi connectivity index (χ0) is 10.4. The number of fused-ring (bicyclic) bond motifs is 3. The van der Waals surface area contributed by atoms with E-state index in [2.05, 4.69) is 9.97 Å². The van der Waals surface area contributed by atoms with Gasteiger partial charge in [-0.2, -0.15) is 0 Å². The molecule has 78 valence electrons. The Hall–Kier alpha value is -0.710. The van der Waals surface area contributed by atoms with Crippen LogP contribution in [0.5, 0.6) is 0 Å². The summed E-state index contributed by atoms with van der Waals surface area (Å²) in [5.74, 6) is 0. The summed E-state index contributed by atoms with van der Waals surface area (Å²) in [4.78, 5) is 10.6. The summed E-state index contributed by atoms with van der Waals surface area (Å²) >= 11 is 7.80. The molecule has 3 nitrogen and oxygen atoms in total. The molecule has 2 aromatic rings. The number of nitrogens with zero attached hydrogens (tertiary/aromatic N) is 2. The minimum absolute atomic E-state index is 0.289. The summed E-state index contributed by atoms with van der Waals surface area (Å²) < 4.78 is 0. The molecule has 1 aliphatic carbocycles. The Morgan fingerprint density at radius 3 is 3.20 bits per heavy atom. The number of rotatable bonds is 0. The van der Waals surface area contributed by atoms with E-state index in [0.717, 1.165) is 29.5 Å². The molecular weight excluding hydrogens is 230 g/mol. The lowest BCUT2D eigenvalue weighted by Gasteiger charge is -2.17. The Kier molecular flexibility index (Phi) is 2.16. The van der Waals surface area contributed by atoms with Crippen LogP contribution in [0.4, 0.5) is 0 Å². The average molecular weight is 240 g/mol. The summed E-state index contributed by atoms with van der Waals surface area (Å²) in [6.07, 6.45) is 4.51. The van der Waals surface area contributed by atoms with Crippen LogP contribution in [0.2, 0.25) is 5.15 Å². The van der Waals surface area contributed by atoms with Crippen molar-refractivity contribution in [1.29, 1.82) is 0 Å². The van der Waals surface area contributed by atoms with Gasteiger partial charge < -0.3 is 5.73 Å². The van der Waals surface area contributed by atoms with E-state index in [1.807, 2.05) is 0 Å². The fourth-order valence-corrected chi connectivity index (χ4v) is 3.68. The quantitative estimate of drug-likeness (QED) is 0.717. The highest BCUT2D eigenvalue weighted by Gasteiger charge is 2.22. The summed E-state index contributed by atoms with van der Waals surface area (Å²) in [5.41, 5.74) is 7.27. The number of aromatic nitrogens is 2. The molecule has 0 aliphatic heterocycles. The number of nitrogens with two attached hydrogens (primary N) is 1. The minimum atomic E-state index is 0.289. The molecule has 2 aromatic heterocycles. The van der Waals surface area contributed by atoms with E-state index in [-0.39, 0.29) is 6.04 Å². The second-order valence-corrected chi connectivity index (χ2v) is 5.29. The van der Waals surface area contributed by atoms with Crippen LogP contribution >= 0.6 is 22.9 Å². The number of thiophene rings is 1. The van der Waals surface area contributed by atoms with Crippen molar-refractivity contribution in [3.05, 3.63) is 21.9 Å². The van der Waals surface area contributed by atoms with Gasteiger partial charge in [-0.3, -0.25) is 0 Å². The van der Waals surface area contributed by atoms with E-state index in [1.165, 1.54) is 16.8 Å². The van der Waals surface area contributed by atoms with E-state index < -0.39 is 0 Å². The summed E-state index contributed by atoms with van der Waals surface area (Å²) in [7, 11) is 0. The first-order valence-electron chi connectivity index (χ1n) is 4.92. The van der Waals surface area contributed by atoms with Crippen LogP contribution in [0.15, 0.2) is 6.33 Å². The molecule has 1 aliphatic rings. The van der Waals surface area contributed by atoms with E-state index >= 15 is 0 Å². The second kappa shape index (κ2) is 3.40. The third-order valence-corrected chi connectivity index (χ3v) is 4.29. The van der Waals surface area contributed by atoms with Crippen molar-refractivity contribution in [3.63, 3.8) is 0 Å². The topological polar surface area (TPSA) is 51.8 Å². The normalized spacial score (nSPS) is 20.5. The molecule has 2 N–H and O–H groups in total. The van der Waals surface area contributed by atoms with Crippen LogP contribution in [-0.4, -0.2) is 16.0 Å². The molecule has 5 heteroatoms. The number of halogens is 1. The van der Waals surface area contributed by atoms with Crippen molar-refractivity contribution in [1.82, 2.24) is 9.97 Å². The molecule has 0 radical (unpaired) electrons. The predicted molar refractivity (Wildman–Crippen MR) is 62.4 cm³/mol. The number of hydrogen-bond acceptors (Lipinski definition) is 4. The van der Waals surface area contributed by atoms with Gasteiger partial charge in [-0.25, -0.2) is 9.97 Å². The molecular formula is C10H10ClN3S. The van der Waals surface area contributed by atoms with E-state index in [0.29, 0.717) is 5.15 Å². The molecule has 0 aromatic carbocycles. The van der Waals surface area contributed by atoms with Gasteiger partial charge in [0.2, 0.25) is 0 Å². The Bertz CT molecular complexity index is 523. The first-order chi connectivity index (χ1) is 7.25. The second-order valence-electron chi connectivity index (χ2n) is 3.85. The molecule has 0 bridgehead atoms. The van der Waals surface area contributed by atoms with Gasteiger partial charge in [0.25, 0.3) is 0 Å². The van der Waals surface area contributed by atoms with Crippen LogP contribution in [0.25, 0.3) is 10.2 Å². The van der Waals surface area contributed by atoms with Crippen LogP contribution in [0.3, 0.4) is 0 Å². The SMILES string of the molecule is NC1CCc2c(sc3ncnc(Cl)c23)C1. The van der Waals surface area contributed by atoms with E-state index in [9.17, 15) is 0 Å². The lowest BCUT2D eigenvalue weighted by Crippen LogP contribution is -2.26. The van der Waals surface area contributed by atoms with Gasteiger partial charge in [0, 0.05) is 10.9 Å². The van der Waals surface area contributed by atoms with Crippen LogP contribution in [0, 0.1) is 0 Å². The minimum Gasteiger partial charge on any atom is -0.327 e. The average Bonchev–Trinajstić information content (AvgIpc) is 2.56. The fraction of sp³-hybridized carbons (Fsp3) is 0.400. The number of aryl methyl sites for hydroxylation is 1. The zero-order valence-electron chi connectivity index (χ0n) is 8.03. The molecule has 3 rings (SSSR count). The van der Waals surface area contributed by atoms with Crippen LogP contribution in [-0.2, 0) is 12.8 Å². The molecule has 1 unspecified atom stereocenters. The van der Waals surface area contributed by atoms with Gasteiger partial charge in [-0.15, -0.1) is 11.3 Å². The first-order valence-corrected chi connectivity index (χ1v) is 6.11. The van der Waals surface area contributed by atoms with Crippen molar-refractivity contribution >= 4 is 33.2 Å². The van der Waals surface area contributed by atoms with E-state index in [4.69, 9.17) is 17.3 Å². The van der Waals surface area contributed by atoms with Gasteiger partial charge in [-0.1, -0.05) is 11.6 Å². The van der Waals surface area contributed by atoms with Gasteiger partial charge in [-0.05, 0) is 24.8 Å². The van der Waals surface area contributed by atoms with Crippen molar-refractivity contribution in [3.8, 4) is 0 Å². The molecule has 0 fully saturated rings. The van der Waals surface area contributed by atoms with Gasteiger partial charge in [0.1, 0.15) is 16.3 Å². The Balaban J connectivity index is 2.29. The van der Waals surface area contributed by atoms with Gasteiger partial charge in [0.15, 0.2) is 0 Å². The Morgan fingerprint density at radius 1 is 1.47 bits per heavy atom. The highest BCUT2D eigenvalue weighted by Crippen LogP contribution is 2.37.